The molecule has 2 rings (SSSR count). The lowest BCUT2D eigenvalue weighted by atomic mass is 10.2. The summed E-state index contributed by atoms with van der Waals surface area (Å²) < 4.78 is 0. The van der Waals surface area contributed by atoms with Crippen LogP contribution in [0.15, 0.2) is 17.8 Å². The fourth-order valence-electron chi connectivity index (χ4n) is 1.50. The molecule has 0 aliphatic heterocycles. The number of nitrogens with one attached hydrogen (secondary N) is 2. The van der Waals surface area contributed by atoms with Crippen LogP contribution in [0.2, 0.25) is 0 Å². The first kappa shape index (κ1) is 14.2. The van der Waals surface area contributed by atoms with Crippen LogP contribution in [-0.4, -0.2) is 32.8 Å². The van der Waals surface area contributed by atoms with E-state index >= 15 is 0 Å². The number of nitrogens with zero attached hydrogens (tertiary/aromatic N) is 2. The van der Waals surface area contributed by atoms with Gasteiger partial charge in [-0.1, -0.05) is 11.8 Å². The molecule has 2 aromatic heterocycles. The molecule has 1 atom stereocenters. The Balaban J connectivity index is 1.98. The van der Waals surface area contributed by atoms with Crippen molar-refractivity contribution < 1.29 is 9.90 Å². The van der Waals surface area contributed by atoms with Crippen LogP contribution in [-0.2, 0) is 0 Å². The standard InChI is InChI=1S/C13H14N4O2S/c1-9(12-14-8-15-17-12)16-13(19)10-6-11(20-7-10)4-2-3-5-18/h6-9,18H,3,5H2,1H3,(H,16,19)(H,14,15,17). The Labute approximate surface area is 120 Å². The molecular weight excluding hydrogens is 276 g/mol. The van der Waals surface area contributed by atoms with Crippen LogP contribution in [0.4, 0.5) is 0 Å². The van der Waals surface area contributed by atoms with E-state index < -0.39 is 0 Å². The summed E-state index contributed by atoms with van der Waals surface area (Å²) in [5.74, 6) is 6.15. The molecule has 0 aromatic carbocycles. The van der Waals surface area contributed by atoms with Gasteiger partial charge in [-0.25, -0.2) is 4.98 Å². The Morgan fingerprint density at radius 3 is 3.20 bits per heavy atom. The first-order valence-corrected chi connectivity index (χ1v) is 6.93. The van der Waals surface area contributed by atoms with Crippen molar-refractivity contribution in [2.45, 2.75) is 19.4 Å². The maximum absolute atomic E-state index is 12.0. The second kappa shape index (κ2) is 6.84. The minimum atomic E-state index is -0.242. The normalized spacial score (nSPS) is 11.5. The highest BCUT2D eigenvalue weighted by atomic mass is 32.1. The lowest BCUT2D eigenvalue weighted by molar-refractivity contribution is 0.0939. The van der Waals surface area contributed by atoms with Crippen molar-refractivity contribution in [3.8, 4) is 11.8 Å². The van der Waals surface area contributed by atoms with Gasteiger partial charge < -0.3 is 10.4 Å². The molecular formula is C13H14N4O2S. The van der Waals surface area contributed by atoms with Crippen LogP contribution < -0.4 is 5.32 Å². The molecule has 20 heavy (non-hydrogen) atoms. The second-order valence-electron chi connectivity index (χ2n) is 4.04. The highest BCUT2D eigenvalue weighted by Crippen LogP contribution is 2.15. The summed E-state index contributed by atoms with van der Waals surface area (Å²) in [6, 6.07) is 1.49. The molecule has 0 aliphatic carbocycles. The van der Waals surface area contributed by atoms with Crippen LogP contribution in [0, 0.1) is 11.8 Å². The van der Waals surface area contributed by atoms with E-state index in [2.05, 4.69) is 32.3 Å². The second-order valence-corrected chi connectivity index (χ2v) is 4.95. The summed E-state index contributed by atoms with van der Waals surface area (Å²) in [6.07, 6.45) is 1.83. The van der Waals surface area contributed by atoms with Gasteiger partial charge in [0.25, 0.3) is 5.91 Å². The third kappa shape index (κ3) is 3.66. The average molecular weight is 290 g/mol. The van der Waals surface area contributed by atoms with E-state index in [1.54, 1.807) is 11.4 Å². The maximum atomic E-state index is 12.0. The first-order valence-electron chi connectivity index (χ1n) is 6.05. The molecule has 1 unspecified atom stereocenters. The molecule has 0 fully saturated rings. The van der Waals surface area contributed by atoms with Gasteiger partial charge in [-0.3, -0.25) is 9.89 Å². The number of carbonyl (C=O) groups is 1. The van der Waals surface area contributed by atoms with Gasteiger partial charge in [-0.2, -0.15) is 5.10 Å². The quantitative estimate of drug-likeness (QED) is 0.735. The van der Waals surface area contributed by atoms with Crippen LogP contribution in [0.5, 0.6) is 0 Å². The van der Waals surface area contributed by atoms with Crippen LogP contribution in [0.25, 0.3) is 0 Å². The highest BCUT2D eigenvalue weighted by Gasteiger charge is 2.14. The Morgan fingerprint density at radius 1 is 1.65 bits per heavy atom. The minimum absolute atomic E-state index is 0.0421. The number of H-pyrrole nitrogens is 1. The molecule has 0 spiro atoms. The molecule has 3 N–H and O–H groups in total. The van der Waals surface area contributed by atoms with E-state index in [4.69, 9.17) is 5.11 Å². The van der Waals surface area contributed by atoms with Gasteiger partial charge >= 0.3 is 0 Å². The summed E-state index contributed by atoms with van der Waals surface area (Å²) in [6.45, 7) is 1.87. The summed E-state index contributed by atoms with van der Waals surface area (Å²) in [7, 11) is 0. The van der Waals surface area contributed by atoms with E-state index in [9.17, 15) is 4.79 Å². The van der Waals surface area contributed by atoms with Gasteiger partial charge in [0.2, 0.25) is 0 Å². The lowest BCUT2D eigenvalue weighted by Crippen LogP contribution is -2.27. The molecule has 0 bridgehead atoms. The molecule has 104 valence electrons. The molecule has 2 heterocycles. The Bertz CT molecular complexity index is 624. The van der Waals surface area contributed by atoms with Gasteiger partial charge in [0.15, 0.2) is 0 Å². The van der Waals surface area contributed by atoms with Crippen LogP contribution in [0.1, 0.15) is 40.4 Å². The number of thiophene rings is 1. The summed E-state index contributed by atoms with van der Waals surface area (Å²) in [5, 5.41) is 19.7. The molecule has 1 amide bonds. The fraction of sp³-hybridized carbons (Fsp3) is 0.308. The highest BCUT2D eigenvalue weighted by molar-refractivity contribution is 7.10. The number of carbonyl (C=O) groups excluding carboxylic acids is 1. The third-order valence-corrected chi connectivity index (χ3v) is 3.35. The summed E-state index contributed by atoms with van der Waals surface area (Å²) in [4.78, 5) is 16.8. The molecule has 0 saturated carbocycles. The SMILES string of the molecule is CC(NC(=O)c1csc(C#CCCO)c1)c1ncn[nH]1. The molecule has 0 saturated heterocycles. The van der Waals surface area contributed by atoms with E-state index in [1.807, 2.05) is 6.92 Å². The van der Waals surface area contributed by atoms with Gasteiger partial charge in [0, 0.05) is 11.8 Å². The number of rotatable bonds is 4. The zero-order valence-electron chi connectivity index (χ0n) is 10.9. The average Bonchev–Trinajstić information content (AvgIpc) is 3.10. The van der Waals surface area contributed by atoms with Crippen molar-refractivity contribution in [1.29, 1.82) is 0 Å². The fourth-order valence-corrected chi connectivity index (χ4v) is 2.25. The largest absolute Gasteiger partial charge is 0.395 e. The zero-order valence-corrected chi connectivity index (χ0v) is 11.7. The third-order valence-electron chi connectivity index (χ3n) is 2.50. The Morgan fingerprint density at radius 2 is 2.50 bits per heavy atom. The van der Waals surface area contributed by atoms with Crippen molar-refractivity contribution in [3.05, 3.63) is 34.0 Å². The number of hydrogen-bond acceptors (Lipinski definition) is 5. The van der Waals surface area contributed by atoms with Crippen molar-refractivity contribution >= 4 is 17.2 Å². The van der Waals surface area contributed by atoms with Crippen molar-refractivity contribution in [1.82, 2.24) is 20.5 Å². The topological polar surface area (TPSA) is 90.9 Å². The number of hydrogen-bond donors (Lipinski definition) is 3. The number of aliphatic hydroxyl groups excluding tert-OH is 1. The smallest absolute Gasteiger partial charge is 0.252 e. The minimum Gasteiger partial charge on any atom is -0.395 e. The monoisotopic (exact) mass is 290 g/mol. The number of aromatic amines is 1. The first-order chi connectivity index (χ1) is 9.70. The number of amides is 1. The Hall–Kier alpha value is -2.17. The van der Waals surface area contributed by atoms with Crippen LogP contribution >= 0.6 is 11.3 Å². The molecule has 2 aromatic rings. The van der Waals surface area contributed by atoms with E-state index in [0.717, 1.165) is 4.88 Å². The summed E-state index contributed by atoms with van der Waals surface area (Å²) in [5.41, 5.74) is 0.565. The lowest BCUT2D eigenvalue weighted by Gasteiger charge is -2.09. The predicted octanol–water partition coefficient (Wildman–Crippen LogP) is 1.09. The van der Waals surface area contributed by atoms with Crippen molar-refractivity contribution in [2.75, 3.05) is 6.61 Å². The molecule has 0 aliphatic rings. The van der Waals surface area contributed by atoms with Gasteiger partial charge in [-0.05, 0) is 13.0 Å². The maximum Gasteiger partial charge on any atom is 0.252 e. The van der Waals surface area contributed by atoms with Crippen molar-refractivity contribution in [3.63, 3.8) is 0 Å². The molecule has 0 radical (unpaired) electrons. The van der Waals surface area contributed by atoms with E-state index in [1.165, 1.54) is 17.7 Å². The van der Waals surface area contributed by atoms with Crippen molar-refractivity contribution in [2.24, 2.45) is 0 Å². The number of aromatic nitrogens is 3. The number of aliphatic hydroxyl groups is 1. The molecule has 7 heteroatoms. The molecule has 6 nitrogen and oxygen atoms in total. The zero-order chi connectivity index (χ0) is 14.4. The predicted molar refractivity (Wildman–Crippen MR) is 75.2 cm³/mol. The van der Waals surface area contributed by atoms with Gasteiger partial charge in [0.1, 0.15) is 12.2 Å². The van der Waals surface area contributed by atoms with Gasteiger partial charge in [0.05, 0.1) is 23.1 Å². The van der Waals surface area contributed by atoms with Gasteiger partial charge in [-0.15, -0.1) is 11.3 Å². The van der Waals surface area contributed by atoms with E-state index in [-0.39, 0.29) is 18.6 Å². The Kier molecular flexibility index (Phi) is 4.87. The van der Waals surface area contributed by atoms with Crippen LogP contribution in [0.3, 0.4) is 0 Å². The van der Waals surface area contributed by atoms with E-state index in [0.29, 0.717) is 17.8 Å². The summed E-state index contributed by atoms with van der Waals surface area (Å²) >= 11 is 1.40.